The Morgan fingerprint density at radius 3 is 2.64 bits per heavy atom. The Morgan fingerprint density at radius 1 is 1.14 bits per heavy atom. The average Bonchev–Trinajstić information content (AvgIpc) is 2.90. The fraction of sp³-hybridized carbons (Fsp3) is 0.200. The van der Waals surface area contributed by atoms with Gasteiger partial charge in [0.15, 0.2) is 0 Å². The van der Waals surface area contributed by atoms with Gasteiger partial charge >= 0.3 is 0 Å². The quantitative estimate of drug-likeness (QED) is 0.714. The van der Waals surface area contributed by atoms with Crippen molar-refractivity contribution < 1.29 is 13.2 Å². The molecule has 1 aliphatic rings. The first-order chi connectivity index (χ1) is 13.4. The zero-order valence-corrected chi connectivity index (χ0v) is 16.4. The van der Waals surface area contributed by atoms with Crippen LogP contribution in [0.4, 0.5) is 11.5 Å². The average molecular weight is 396 g/mol. The van der Waals surface area contributed by atoms with Gasteiger partial charge in [-0.2, -0.15) is 0 Å². The Bertz CT molecular complexity index is 1170. The van der Waals surface area contributed by atoms with Crippen molar-refractivity contribution in [3.8, 4) is 0 Å². The highest BCUT2D eigenvalue weighted by Gasteiger charge is 2.36. The third-order valence-corrected chi connectivity index (χ3v) is 6.53. The van der Waals surface area contributed by atoms with Gasteiger partial charge in [-0.1, -0.05) is 24.3 Å². The van der Waals surface area contributed by atoms with Gasteiger partial charge in [0.25, 0.3) is 10.0 Å². The Morgan fingerprint density at radius 2 is 1.89 bits per heavy atom. The van der Waals surface area contributed by atoms with E-state index >= 15 is 0 Å². The van der Waals surface area contributed by atoms with Gasteiger partial charge in [-0.15, -0.1) is 0 Å². The summed E-state index contributed by atoms with van der Waals surface area (Å²) >= 11 is 0. The maximum Gasteiger partial charge on any atom is 0.265 e. The number of hydrogen-bond acceptors (Lipinski definition) is 5. The van der Waals surface area contributed by atoms with Crippen LogP contribution in [0.1, 0.15) is 5.56 Å². The van der Waals surface area contributed by atoms with Gasteiger partial charge in [-0.05, 0) is 35.2 Å². The molecule has 0 aliphatic carbocycles. The predicted molar refractivity (Wildman–Crippen MR) is 109 cm³/mol. The number of hydrogen-bond donors (Lipinski definition) is 1. The highest BCUT2D eigenvalue weighted by atomic mass is 32.2. The SMILES string of the molecule is CN(C)c1cc(CNC(=O)CN2c3cccc4cccc(c34)S2(=O)=O)ccn1. The van der Waals surface area contributed by atoms with E-state index in [1.807, 2.05) is 43.3 Å². The first-order valence-corrected chi connectivity index (χ1v) is 10.3. The smallest absolute Gasteiger partial charge is 0.265 e. The van der Waals surface area contributed by atoms with E-state index in [0.717, 1.165) is 16.8 Å². The van der Waals surface area contributed by atoms with E-state index in [1.165, 1.54) is 4.31 Å². The van der Waals surface area contributed by atoms with Crippen molar-refractivity contribution in [1.82, 2.24) is 10.3 Å². The molecule has 7 nitrogen and oxygen atoms in total. The minimum Gasteiger partial charge on any atom is -0.363 e. The van der Waals surface area contributed by atoms with E-state index < -0.39 is 10.0 Å². The van der Waals surface area contributed by atoms with Gasteiger partial charge in [-0.3, -0.25) is 9.10 Å². The van der Waals surface area contributed by atoms with Crippen molar-refractivity contribution in [1.29, 1.82) is 0 Å². The molecule has 3 aromatic rings. The number of benzene rings is 2. The lowest BCUT2D eigenvalue weighted by molar-refractivity contribution is -0.119. The lowest BCUT2D eigenvalue weighted by atomic mass is 10.1. The monoisotopic (exact) mass is 396 g/mol. The lowest BCUT2D eigenvalue weighted by Gasteiger charge is -2.18. The molecule has 2 heterocycles. The van der Waals surface area contributed by atoms with Crippen LogP contribution in [0.5, 0.6) is 0 Å². The Labute approximate surface area is 163 Å². The molecule has 0 fully saturated rings. The Balaban J connectivity index is 1.53. The number of rotatable bonds is 5. The molecule has 1 aliphatic heterocycles. The molecule has 2 aromatic carbocycles. The third-order valence-electron chi connectivity index (χ3n) is 4.73. The van der Waals surface area contributed by atoms with Crippen LogP contribution in [0.15, 0.2) is 59.6 Å². The number of carbonyl (C=O) groups is 1. The number of pyridine rings is 1. The maximum atomic E-state index is 12.9. The van der Waals surface area contributed by atoms with Gasteiger partial charge in [0.2, 0.25) is 5.91 Å². The summed E-state index contributed by atoms with van der Waals surface area (Å²) in [6.45, 7) is 0.0367. The van der Waals surface area contributed by atoms with Gasteiger partial charge in [0, 0.05) is 32.2 Å². The first-order valence-electron chi connectivity index (χ1n) is 8.81. The Kier molecular flexibility index (Phi) is 4.43. The molecular weight excluding hydrogens is 376 g/mol. The van der Waals surface area contributed by atoms with E-state index in [2.05, 4.69) is 10.3 Å². The van der Waals surface area contributed by atoms with Crippen LogP contribution in [-0.4, -0.2) is 39.9 Å². The molecule has 28 heavy (non-hydrogen) atoms. The number of anilines is 2. The normalized spacial score (nSPS) is 14.3. The predicted octanol–water partition coefficient (Wildman–Crippen LogP) is 2.13. The van der Waals surface area contributed by atoms with Gasteiger partial charge in [0.1, 0.15) is 12.4 Å². The van der Waals surface area contributed by atoms with Crippen LogP contribution in [0.3, 0.4) is 0 Å². The Hall–Kier alpha value is -3.13. The van der Waals surface area contributed by atoms with Crippen LogP contribution in [0.2, 0.25) is 0 Å². The van der Waals surface area contributed by atoms with Crippen molar-refractivity contribution in [2.75, 3.05) is 29.8 Å². The fourth-order valence-electron chi connectivity index (χ4n) is 3.33. The van der Waals surface area contributed by atoms with E-state index in [-0.39, 0.29) is 17.3 Å². The lowest BCUT2D eigenvalue weighted by Crippen LogP contribution is -2.38. The minimum atomic E-state index is -3.74. The molecule has 4 rings (SSSR count). The van der Waals surface area contributed by atoms with Crippen LogP contribution in [0.25, 0.3) is 10.8 Å². The third kappa shape index (κ3) is 3.05. The molecule has 1 N–H and O–H groups in total. The van der Waals surface area contributed by atoms with Crippen molar-refractivity contribution in [2.24, 2.45) is 0 Å². The molecule has 1 amide bonds. The molecule has 0 saturated heterocycles. The van der Waals surface area contributed by atoms with Crippen molar-refractivity contribution in [3.63, 3.8) is 0 Å². The molecule has 0 unspecified atom stereocenters. The largest absolute Gasteiger partial charge is 0.363 e. The number of sulfonamides is 1. The van der Waals surface area contributed by atoms with E-state index in [1.54, 1.807) is 30.5 Å². The molecule has 0 radical (unpaired) electrons. The molecule has 1 aromatic heterocycles. The second-order valence-electron chi connectivity index (χ2n) is 6.84. The number of nitrogens with one attached hydrogen (secondary N) is 1. The second-order valence-corrected chi connectivity index (χ2v) is 8.67. The van der Waals surface area contributed by atoms with Gasteiger partial charge in [0.05, 0.1) is 10.6 Å². The summed E-state index contributed by atoms with van der Waals surface area (Å²) in [5, 5.41) is 4.31. The highest BCUT2D eigenvalue weighted by Crippen LogP contribution is 2.41. The van der Waals surface area contributed by atoms with Gasteiger partial charge in [-0.25, -0.2) is 13.4 Å². The minimum absolute atomic E-state index is 0.248. The van der Waals surface area contributed by atoms with Crippen LogP contribution in [-0.2, 0) is 21.4 Å². The topological polar surface area (TPSA) is 82.6 Å². The number of carbonyl (C=O) groups excluding carboxylic acids is 1. The number of nitrogens with zero attached hydrogens (tertiary/aromatic N) is 3. The molecule has 0 saturated carbocycles. The summed E-state index contributed by atoms with van der Waals surface area (Å²) in [6.07, 6.45) is 1.68. The van der Waals surface area contributed by atoms with Crippen molar-refractivity contribution >= 4 is 38.2 Å². The fourth-order valence-corrected chi connectivity index (χ4v) is 5.00. The number of aromatic nitrogens is 1. The molecule has 0 spiro atoms. The molecule has 8 heteroatoms. The molecule has 0 atom stereocenters. The summed E-state index contributed by atoms with van der Waals surface area (Å²) in [5.74, 6) is 0.424. The summed E-state index contributed by atoms with van der Waals surface area (Å²) in [4.78, 5) is 18.9. The molecular formula is C20H20N4O3S. The van der Waals surface area contributed by atoms with Crippen LogP contribution < -0.4 is 14.5 Å². The van der Waals surface area contributed by atoms with E-state index in [0.29, 0.717) is 17.6 Å². The summed E-state index contributed by atoms with van der Waals surface area (Å²) in [6, 6.07) is 14.3. The van der Waals surface area contributed by atoms with Gasteiger partial charge < -0.3 is 10.2 Å². The van der Waals surface area contributed by atoms with E-state index in [4.69, 9.17) is 0 Å². The zero-order valence-electron chi connectivity index (χ0n) is 15.6. The molecule has 144 valence electrons. The molecule has 0 bridgehead atoms. The zero-order chi connectivity index (χ0) is 19.9. The van der Waals surface area contributed by atoms with Crippen LogP contribution >= 0.6 is 0 Å². The van der Waals surface area contributed by atoms with E-state index in [9.17, 15) is 13.2 Å². The van der Waals surface area contributed by atoms with Crippen molar-refractivity contribution in [3.05, 3.63) is 60.3 Å². The second kappa shape index (κ2) is 6.79. The van der Waals surface area contributed by atoms with Crippen LogP contribution in [0, 0.1) is 0 Å². The standard InChI is InChI=1S/C20H20N4O3S/c1-23(2)18-11-14(9-10-21-18)12-22-19(25)13-24-16-7-3-5-15-6-4-8-17(20(15)16)28(24,26)27/h3-11H,12-13H2,1-2H3,(H,22,25). The maximum absolute atomic E-state index is 12.9. The summed E-state index contributed by atoms with van der Waals surface area (Å²) < 4.78 is 27.0. The summed E-state index contributed by atoms with van der Waals surface area (Å²) in [7, 11) is 0.0416. The number of amides is 1. The summed E-state index contributed by atoms with van der Waals surface area (Å²) in [5.41, 5.74) is 1.43. The first kappa shape index (κ1) is 18.2. The highest BCUT2D eigenvalue weighted by molar-refractivity contribution is 7.93. The van der Waals surface area contributed by atoms with Crippen molar-refractivity contribution in [2.45, 2.75) is 11.4 Å².